The van der Waals surface area contributed by atoms with Gasteiger partial charge >= 0.3 is 5.97 Å². The largest absolute Gasteiger partial charge is 0.481 e. The van der Waals surface area contributed by atoms with Crippen LogP contribution >= 0.6 is 11.6 Å². The average Bonchev–Trinajstić information content (AvgIpc) is 2.68. The van der Waals surface area contributed by atoms with E-state index < -0.39 is 6.10 Å². The molecule has 3 rings (SSSR count). The van der Waals surface area contributed by atoms with Crippen LogP contribution in [0.4, 0.5) is 0 Å². The predicted octanol–water partition coefficient (Wildman–Crippen LogP) is 3.46. The summed E-state index contributed by atoms with van der Waals surface area (Å²) < 4.78 is 10.9. The number of carbonyl (C=O) groups excluding carboxylic acids is 2. The van der Waals surface area contributed by atoms with Gasteiger partial charge in [0.15, 0.2) is 6.10 Å². The van der Waals surface area contributed by atoms with Crippen molar-refractivity contribution in [2.24, 2.45) is 5.92 Å². The lowest BCUT2D eigenvalue weighted by molar-refractivity contribution is -0.152. The number of esters is 1. The molecule has 2 aromatic rings. The summed E-state index contributed by atoms with van der Waals surface area (Å²) >= 11 is 6.15. The lowest BCUT2D eigenvalue weighted by Crippen LogP contribution is -2.47. The van der Waals surface area contributed by atoms with Gasteiger partial charge in [0.2, 0.25) is 0 Å². The molecule has 0 N–H and O–H groups in total. The van der Waals surface area contributed by atoms with Crippen molar-refractivity contribution in [3.05, 3.63) is 35.5 Å². The van der Waals surface area contributed by atoms with E-state index in [0.717, 1.165) is 18.2 Å². The molecule has 0 spiro atoms. The van der Waals surface area contributed by atoms with Gasteiger partial charge in [-0.05, 0) is 44.9 Å². The SMILES string of the molecule is CCOC(=O)[C@H]1CCCN(C(=O)[C@@H](C)Oc2ccc3c(Cl)ccnc3c2)C1. The summed E-state index contributed by atoms with van der Waals surface area (Å²) in [4.78, 5) is 30.7. The molecular formula is C20H23ClN2O4. The van der Waals surface area contributed by atoms with Crippen LogP contribution in [0.2, 0.25) is 5.02 Å². The Morgan fingerprint density at radius 3 is 2.96 bits per heavy atom. The second kappa shape index (κ2) is 8.57. The first kappa shape index (κ1) is 19.4. The number of fused-ring (bicyclic) bond motifs is 1. The van der Waals surface area contributed by atoms with Gasteiger partial charge in [0.05, 0.1) is 23.1 Å². The van der Waals surface area contributed by atoms with E-state index in [1.54, 1.807) is 43.1 Å². The molecule has 6 nitrogen and oxygen atoms in total. The van der Waals surface area contributed by atoms with Crippen LogP contribution in [0.3, 0.4) is 0 Å². The Kier molecular flexibility index (Phi) is 6.16. The van der Waals surface area contributed by atoms with E-state index >= 15 is 0 Å². The van der Waals surface area contributed by atoms with E-state index in [0.29, 0.717) is 36.0 Å². The van der Waals surface area contributed by atoms with E-state index in [4.69, 9.17) is 21.1 Å². The Morgan fingerprint density at radius 2 is 2.19 bits per heavy atom. The Bertz CT molecular complexity index is 842. The van der Waals surface area contributed by atoms with Gasteiger partial charge in [-0.25, -0.2) is 0 Å². The Balaban J connectivity index is 1.66. The summed E-state index contributed by atoms with van der Waals surface area (Å²) in [5.41, 5.74) is 0.708. The highest BCUT2D eigenvalue weighted by atomic mass is 35.5. The quantitative estimate of drug-likeness (QED) is 0.731. The molecule has 7 heteroatoms. The topological polar surface area (TPSA) is 68.7 Å². The highest BCUT2D eigenvalue weighted by Crippen LogP contribution is 2.26. The summed E-state index contributed by atoms with van der Waals surface area (Å²) in [6.07, 6.45) is 2.49. The standard InChI is InChI=1S/C20H23ClN2O4/c1-3-26-20(25)14-5-4-10-23(12-14)19(24)13(2)27-15-6-7-16-17(21)8-9-22-18(16)11-15/h6-9,11,13-14H,3-5,10,12H2,1-2H3/t13-,14+/m1/s1. The molecule has 0 radical (unpaired) electrons. The second-order valence-corrected chi connectivity index (χ2v) is 7.01. The molecule has 1 aromatic carbocycles. The molecule has 0 bridgehead atoms. The van der Waals surface area contributed by atoms with Gasteiger partial charge in [-0.3, -0.25) is 14.6 Å². The Morgan fingerprint density at radius 1 is 1.37 bits per heavy atom. The number of benzene rings is 1. The van der Waals surface area contributed by atoms with E-state index in [2.05, 4.69) is 4.98 Å². The molecule has 0 unspecified atom stereocenters. The van der Waals surface area contributed by atoms with E-state index in [1.165, 1.54) is 0 Å². The third-order valence-corrected chi connectivity index (χ3v) is 5.00. The summed E-state index contributed by atoms with van der Waals surface area (Å²) in [5.74, 6) is -0.0804. The fourth-order valence-electron chi connectivity index (χ4n) is 3.31. The smallest absolute Gasteiger partial charge is 0.310 e. The maximum absolute atomic E-state index is 12.8. The summed E-state index contributed by atoms with van der Waals surface area (Å²) in [5, 5.41) is 1.45. The third kappa shape index (κ3) is 4.50. The fraction of sp³-hybridized carbons (Fsp3) is 0.450. The monoisotopic (exact) mass is 390 g/mol. The number of hydrogen-bond donors (Lipinski definition) is 0. The number of pyridine rings is 1. The minimum absolute atomic E-state index is 0.136. The number of likely N-dealkylation sites (tertiary alicyclic amines) is 1. The zero-order valence-electron chi connectivity index (χ0n) is 15.5. The van der Waals surface area contributed by atoms with Crippen molar-refractivity contribution in [2.45, 2.75) is 32.8 Å². The number of nitrogens with zero attached hydrogens (tertiary/aromatic N) is 2. The first-order valence-corrected chi connectivity index (χ1v) is 9.53. The minimum Gasteiger partial charge on any atom is -0.481 e. The van der Waals surface area contributed by atoms with Crippen molar-refractivity contribution in [2.75, 3.05) is 19.7 Å². The van der Waals surface area contributed by atoms with Crippen molar-refractivity contribution in [3.63, 3.8) is 0 Å². The first-order valence-electron chi connectivity index (χ1n) is 9.16. The Labute approximate surface area is 163 Å². The van der Waals surface area contributed by atoms with Gasteiger partial charge < -0.3 is 14.4 Å². The average molecular weight is 391 g/mol. The molecule has 144 valence electrons. The van der Waals surface area contributed by atoms with Crippen LogP contribution in [0.1, 0.15) is 26.7 Å². The molecule has 1 saturated heterocycles. The second-order valence-electron chi connectivity index (χ2n) is 6.61. The number of amides is 1. The van der Waals surface area contributed by atoms with Crippen LogP contribution in [0.25, 0.3) is 10.9 Å². The lowest BCUT2D eigenvalue weighted by Gasteiger charge is -2.33. The zero-order chi connectivity index (χ0) is 19.4. The molecular weight excluding hydrogens is 368 g/mol. The lowest BCUT2D eigenvalue weighted by atomic mass is 9.98. The van der Waals surface area contributed by atoms with Crippen molar-refractivity contribution in [1.82, 2.24) is 9.88 Å². The molecule has 1 aliphatic heterocycles. The van der Waals surface area contributed by atoms with Crippen molar-refractivity contribution in [1.29, 1.82) is 0 Å². The molecule has 0 aliphatic carbocycles. The number of carbonyl (C=O) groups is 2. The van der Waals surface area contributed by atoms with Crippen LogP contribution in [0, 0.1) is 5.92 Å². The summed E-state index contributed by atoms with van der Waals surface area (Å²) in [6, 6.07) is 7.10. The van der Waals surface area contributed by atoms with Crippen LogP contribution in [-0.4, -0.2) is 47.6 Å². The van der Waals surface area contributed by atoms with Crippen molar-refractivity contribution >= 4 is 34.4 Å². The molecule has 1 aliphatic rings. The molecule has 1 aromatic heterocycles. The summed E-state index contributed by atoms with van der Waals surface area (Å²) in [6.45, 7) is 4.84. The fourth-order valence-corrected chi connectivity index (χ4v) is 3.52. The normalized spacial score (nSPS) is 18.2. The number of aromatic nitrogens is 1. The molecule has 27 heavy (non-hydrogen) atoms. The molecule has 2 atom stereocenters. The van der Waals surface area contributed by atoms with Crippen LogP contribution < -0.4 is 4.74 Å². The molecule has 0 saturated carbocycles. The summed E-state index contributed by atoms with van der Waals surface area (Å²) in [7, 11) is 0. The van der Waals surface area contributed by atoms with Crippen molar-refractivity contribution < 1.29 is 19.1 Å². The zero-order valence-corrected chi connectivity index (χ0v) is 16.2. The van der Waals surface area contributed by atoms with E-state index in [1.807, 2.05) is 6.07 Å². The van der Waals surface area contributed by atoms with Gasteiger partial charge in [0.1, 0.15) is 5.75 Å². The molecule has 1 fully saturated rings. The van der Waals surface area contributed by atoms with E-state index in [9.17, 15) is 9.59 Å². The maximum atomic E-state index is 12.8. The van der Waals surface area contributed by atoms with Gasteiger partial charge in [0, 0.05) is 30.7 Å². The Hall–Kier alpha value is -2.34. The van der Waals surface area contributed by atoms with E-state index in [-0.39, 0.29) is 17.8 Å². The maximum Gasteiger partial charge on any atom is 0.310 e. The van der Waals surface area contributed by atoms with Crippen molar-refractivity contribution in [3.8, 4) is 5.75 Å². The van der Waals surface area contributed by atoms with Gasteiger partial charge in [-0.1, -0.05) is 11.6 Å². The number of ether oxygens (including phenoxy) is 2. The van der Waals surface area contributed by atoms with Gasteiger partial charge in [-0.15, -0.1) is 0 Å². The van der Waals surface area contributed by atoms with Crippen LogP contribution in [0.15, 0.2) is 30.5 Å². The van der Waals surface area contributed by atoms with Crippen LogP contribution in [-0.2, 0) is 14.3 Å². The molecule has 1 amide bonds. The third-order valence-electron chi connectivity index (χ3n) is 4.67. The number of piperidine rings is 1. The number of rotatable bonds is 5. The number of halogens is 1. The first-order chi connectivity index (χ1) is 13.0. The molecule has 2 heterocycles. The highest BCUT2D eigenvalue weighted by Gasteiger charge is 2.31. The predicted molar refractivity (Wildman–Crippen MR) is 103 cm³/mol. The van der Waals surface area contributed by atoms with Gasteiger partial charge in [-0.2, -0.15) is 0 Å². The number of hydrogen-bond acceptors (Lipinski definition) is 5. The van der Waals surface area contributed by atoms with Crippen LogP contribution in [0.5, 0.6) is 5.75 Å². The highest BCUT2D eigenvalue weighted by molar-refractivity contribution is 6.35. The minimum atomic E-state index is -0.664. The van der Waals surface area contributed by atoms with Gasteiger partial charge in [0.25, 0.3) is 5.91 Å².